The molecule has 1 unspecified atom stereocenters. The molecule has 0 spiro atoms. The van der Waals surface area contributed by atoms with Crippen LogP contribution in [0.4, 0.5) is 0 Å². The van der Waals surface area contributed by atoms with Crippen LogP contribution in [-0.4, -0.2) is 25.6 Å². The van der Waals surface area contributed by atoms with Gasteiger partial charge in [-0.05, 0) is 37.2 Å². The number of hydrogen-bond donors (Lipinski definition) is 1. The molecule has 21 heavy (non-hydrogen) atoms. The highest BCUT2D eigenvalue weighted by Crippen LogP contribution is 2.15. The Morgan fingerprint density at radius 2 is 2.10 bits per heavy atom. The van der Waals surface area contributed by atoms with E-state index in [4.69, 9.17) is 12.2 Å². The molecular formula is C16H21N3OS. The van der Waals surface area contributed by atoms with Crippen molar-refractivity contribution in [1.29, 1.82) is 0 Å². The Labute approximate surface area is 130 Å². The van der Waals surface area contributed by atoms with E-state index in [0.29, 0.717) is 10.5 Å². The van der Waals surface area contributed by atoms with Crippen LogP contribution >= 0.6 is 12.2 Å². The van der Waals surface area contributed by atoms with Gasteiger partial charge in [0.05, 0.1) is 11.8 Å². The number of hydrogen-bond acceptors (Lipinski definition) is 3. The van der Waals surface area contributed by atoms with Crippen molar-refractivity contribution < 1.29 is 5.11 Å². The molecule has 0 amide bonds. The summed E-state index contributed by atoms with van der Waals surface area (Å²) >= 11 is 5.46. The monoisotopic (exact) mass is 303 g/mol. The van der Waals surface area contributed by atoms with Crippen LogP contribution in [0.1, 0.15) is 32.3 Å². The lowest BCUT2D eigenvalue weighted by molar-refractivity contribution is 0.246. The van der Waals surface area contributed by atoms with Gasteiger partial charge in [0.1, 0.15) is 6.33 Å². The fraction of sp³-hybridized carbons (Fsp3) is 0.375. The van der Waals surface area contributed by atoms with Gasteiger partial charge in [0.2, 0.25) is 4.77 Å². The van der Waals surface area contributed by atoms with Gasteiger partial charge in [-0.2, -0.15) is 5.10 Å². The highest BCUT2D eigenvalue weighted by atomic mass is 32.1. The lowest BCUT2D eigenvalue weighted by Gasteiger charge is -2.11. The second-order valence-corrected chi connectivity index (χ2v) is 5.39. The number of aromatic nitrogens is 3. The van der Waals surface area contributed by atoms with Gasteiger partial charge >= 0.3 is 0 Å². The van der Waals surface area contributed by atoms with Gasteiger partial charge in [-0.3, -0.25) is 0 Å². The molecule has 0 aliphatic heterocycles. The maximum absolute atomic E-state index is 10.1. The van der Waals surface area contributed by atoms with Gasteiger partial charge in [-0.1, -0.05) is 43.7 Å². The zero-order valence-electron chi connectivity index (χ0n) is 12.4. The molecule has 0 saturated carbocycles. The van der Waals surface area contributed by atoms with E-state index < -0.39 is 6.10 Å². The van der Waals surface area contributed by atoms with Crippen molar-refractivity contribution in [3.63, 3.8) is 0 Å². The predicted molar refractivity (Wildman–Crippen MR) is 88.2 cm³/mol. The van der Waals surface area contributed by atoms with Gasteiger partial charge in [-0.25, -0.2) is 4.68 Å². The number of aliphatic hydroxyl groups excluding tert-OH is 1. The topological polar surface area (TPSA) is 43.0 Å². The third kappa shape index (κ3) is 3.89. The van der Waals surface area contributed by atoms with Crippen molar-refractivity contribution in [2.45, 2.75) is 39.3 Å². The van der Waals surface area contributed by atoms with Gasteiger partial charge < -0.3 is 9.67 Å². The molecule has 1 atom stereocenters. The average molecular weight is 303 g/mol. The summed E-state index contributed by atoms with van der Waals surface area (Å²) in [7, 11) is 0. The van der Waals surface area contributed by atoms with Crippen molar-refractivity contribution in [3.8, 4) is 0 Å². The minimum Gasteiger partial charge on any atom is -0.387 e. The normalized spacial score (nSPS) is 13.4. The molecule has 0 bridgehead atoms. The molecular weight excluding hydrogens is 282 g/mol. The highest BCUT2D eigenvalue weighted by molar-refractivity contribution is 7.71. The molecule has 1 N–H and O–H groups in total. The highest BCUT2D eigenvalue weighted by Gasteiger charge is 2.12. The van der Waals surface area contributed by atoms with E-state index in [1.165, 1.54) is 0 Å². The van der Waals surface area contributed by atoms with Crippen molar-refractivity contribution in [2.75, 3.05) is 0 Å². The van der Waals surface area contributed by atoms with E-state index in [9.17, 15) is 5.11 Å². The summed E-state index contributed by atoms with van der Waals surface area (Å²) in [5.41, 5.74) is 1.69. The van der Waals surface area contributed by atoms with Crippen molar-refractivity contribution in [2.24, 2.45) is 0 Å². The number of unbranched alkanes of at least 4 members (excludes halogenated alkanes) is 1. The second kappa shape index (κ2) is 7.33. The second-order valence-electron chi connectivity index (χ2n) is 5.03. The minimum atomic E-state index is -0.647. The zero-order valence-corrected chi connectivity index (χ0v) is 13.3. The van der Waals surface area contributed by atoms with E-state index in [2.05, 4.69) is 12.0 Å². The molecule has 1 aromatic heterocycles. The van der Waals surface area contributed by atoms with Gasteiger partial charge in [0.15, 0.2) is 0 Å². The number of benzene rings is 1. The van der Waals surface area contributed by atoms with E-state index in [1.54, 1.807) is 17.9 Å². The summed E-state index contributed by atoms with van der Waals surface area (Å²) in [6.07, 6.45) is 5.17. The lowest BCUT2D eigenvalue weighted by Crippen LogP contribution is -2.12. The summed E-state index contributed by atoms with van der Waals surface area (Å²) < 4.78 is 4.20. The molecule has 2 rings (SSSR count). The Morgan fingerprint density at radius 3 is 2.71 bits per heavy atom. The van der Waals surface area contributed by atoms with Gasteiger partial charge in [0.25, 0.3) is 0 Å². The lowest BCUT2D eigenvalue weighted by atomic mass is 10.1. The molecule has 2 aromatic rings. The van der Waals surface area contributed by atoms with Gasteiger partial charge in [-0.15, -0.1) is 0 Å². The Balaban J connectivity index is 2.38. The molecule has 0 fully saturated rings. The maximum Gasteiger partial charge on any atom is 0.202 e. The van der Waals surface area contributed by atoms with Crippen LogP contribution in [0.15, 0.2) is 36.7 Å². The quantitative estimate of drug-likeness (QED) is 0.829. The van der Waals surface area contributed by atoms with E-state index in [1.807, 2.05) is 41.0 Å². The first-order valence-corrected chi connectivity index (χ1v) is 7.64. The number of rotatable bonds is 6. The van der Waals surface area contributed by atoms with Crippen LogP contribution in [0.25, 0.3) is 11.8 Å². The molecule has 4 nitrogen and oxygen atoms in total. The summed E-state index contributed by atoms with van der Waals surface area (Å²) in [5, 5.41) is 14.4. The molecule has 5 heteroatoms. The zero-order chi connectivity index (χ0) is 15.2. The Kier molecular flexibility index (Phi) is 5.47. The Bertz CT molecular complexity index is 656. The molecule has 0 saturated heterocycles. The summed E-state index contributed by atoms with van der Waals surface area (Å²) in [5.74, 6) is 0. The summed E-state index contributed by atoms with van der Waals surface area (Å²) in [6, 6.07) is 9.86. The van der Waals surface area contributed by atoms with E-state index in [0.717, 1.165) is 24.9 Å². The molecule has 112 valence electrons. The summed E-state index contributed by atoms with van der Waals surface area (Å²) in [6.45, 7) is 4.72. The predicted octanol–water partition coefficient (Wildman–Crippen LogP) is 3.59. The number of aryl methyl sites for hydroxylation is 1. The minimum absolute atomic E-state index is 0.617. The first-order valence-electron chi connectivity index (χ1n) is 7.23. The van der Waals surface area contributed by atoms with Crippen LogP contribution in [0.2, 0.25) is 0 Å². The molecule has 0 radical (unpaired) electrons. The van der Waals surface area contributed by atoms with E-state index in [-0.39, 0.29) is 0 Å². The fourth-order valence-electron chi connectivity index (χ4n) is 2.07. The van der Waals surface area contributed by atoms with E-state index >= 15 is 0 Å². The van der Waals surface area contributed by atoms with Crippen LogP contribution in [0.3, 0.4) is 0 Å². The van der Waals surface area contributed by atoms with Crippen molar-refractivity contribution in [1.82, 2.24) is 14.3 Å². The van der Waals surface area contributed by atoms with Crippen LogP contribution in [-0.2, 0) is 6.54 Å². The summed E-state index contributed by atoms with van der Waals surface area (Å²) in [4.78, 5) is 0. The Morgan fingerprint density at radius 1 is 1.38 bits per heavy atom. The average Bonchev–Trinajstić information content (AvgIpc) is 2.84. The van der Waals surface area contributed by atoms with Crippen molar-refractivity contribution >= 4 is 24.0 Å². The smallest absolute Gasteiger partial charge is 0.202 e. The first-order chi connectivity index (χ1) is 10.1. The molecule has 1 heterocycles. The Hall–Kier alpha value is -1.72. The van der Waals surface area contributed by atoms with Crippen LogP contribution < -0.4 is 0 Å². The third-order valence-corrected chi connectivity index (χ3v) is 3.68. The number of nitrogens with zero attached hydrogens (tertiary/aromatic N) is 3. The fourth-order valence-corrected chi connectivity index (χ4v) is 2.36. The third-order valence-electron chi connectivity index (χ3n) is 3.27. The van der Waals surface area contributed by atoms with Crippen LogP contribution in [0.5, 0.6) is 0 Å². The van der Waals surface area contributed by atoms with Crippen LogP contribution in [0, 0.1) is 4.77 Å². The standard InChI is InChI=1S/C16H21N3OS/c1-3-4-10-18-12-17-19(16(18)21)15(13(2)20)11-14-8-6-5-7-9-14/h5-9,11-13,20H,3-4,10H2,1-2H3/b15-11+. The molecule has 1 aromatic carbocycles. The SMILES string of the molecule is CCCCn1cnn(/C(=C/c2ccccc2)C(C)O)c1=S. The van der Waals surface area contributed by atoms with Crippen molar-refractivity contribution in [3.05, 3.63) is 47.0 Å². The molecule has 0 aliphatic carbocycles. The largest absolute Gasteiger partial charge is 0.387 e. The first kappa shape index (κ1) is 15.7. The number of aliphatic hydroxyl groups is 1. The van der Waals surface area contributed by atoms with Gasteiger partial charge in [0, 0.05) is 6.54 Å². The molecule has 0 aliphatic rings. The maximum atomic E-state index is 10.1.